The second-order valence-electron chi connectivity index (χ2n) is 12.9. The number of rotatable bonds is 9. The highest BCUT2D eigenvalue weighted by atomic mass is 79.9. The molecule has 0 saturated carbocycles. The van der Waals surface area contributed by atoms with Crippen LogP contribution in [0, 0.1) is 6.92 Å². The molecule has 7 rings (SSSR count). The van der Waals surface area contributed by atoms with Gasteiger partial charge in [-0.05, 0) is 95.3 Å². The van der Waals surface area contributed by atoms with Gasteiger partial charge in [0.15, 0.2) is 51.5 Å². The van der Waals surface area contributed by atoms with Gasteiger partial charge in [-0.25, -0.2) is 4.98 Å². The van der Waals surface area contributed by atoms with E-state index in [4.69, 9.17) is 33.8 Å². The van der Waals surface area contributed by atoms with Crippen LogP contribution in [0.5, 0.6) is 40.2 Å². The predicted octanol–water partition coefficient (Wildman–Crippen LogP) is 10.2. The Morgan fingerprint density at radius 3 is 1.59 bits per heavy atom. The van der Waals surface area contributed by atoms with Gasteiger partial charge < -0.3 is 49.2 Å². The van der Waals surface area contributed by atoms with Gasteiger partial charge in [0, 0.05) is 58.2 Å². The van der Waals surface area contributed by atoms with E-state index in [-0.39, 0.29) is 68.9 Å². The van der Waals surface area contributed by atoms with Crippen LogP contribution in [0.3, 0.4) is 0 Å². The van der Waals surface area contributed by atoms with Gasteiger partial charge in [-0.15, -0.1) is 0 Å². The van der Waals surface area contributed by atoms with E-state index in [1.165, 1.54) is 65.8 Å². The third-order valence-corrected chi connectivity index (χ3v) is 12.1. The molecule has 21 heteroatoms. The molecule has 3 heterocycles. The number of aromatic nitrogens is 1. The van der Waals surface area contributed by atoms with E-state index < -0.39 is 11.9 Å². The van der Waals surface area contributed by atoms with E-state index in [0.717, 1.165) is 33.3 Å². The number of carbonyl (C=O) groups excluding carboxylic acids is 4. The lowest BCUT2D eigenvalue weighted by Gasteiger charge is -2.23. The number of imide groups is 2. The van der Waals surface area contributed by atoms with Gasteiger partial charge in [-0.1, -0.05) is 51.4 Å². The van der Waals surface area contributed by atoms with Crippen LogP contribution < -0.4 is 15.2 Å². The number of oxazole rings is 1. The summed E-state index contributed by atoms with van der Waals surface area (Å²) in [6, 6.07) is 15.7. The molecule has 2 saturated heterocycles. The van der Waals surface area contributed by atoms with Crippen LogP contribution in [-0.4, -0.2) is 93.8 Å². The van der Waals surface area contributed by atoms with Crippen LogP contribution in [-0.2, 0) is 23.8 Å². The summed E-state index contributed by atoms with van der Waals surface area (Å²) in [6.45, 7) is 3.42. The number of halogens is 2. The van der Waals surface area contributed by atoms with Crippen molar-refractivity contribution in [3.05, 3.63) is 96.4 Å². The summed E-state index contributed by atoms with van der Waals surface area (Å²) in [5, 5.41) is 29.4. The number of nitrogen functional groups attached to an aromatic ring is 1. The Morgan fingerprint density at radius 1 is 0.714 bits per heavy atom. The molecule has 0 unspecified atom stereocenters. The van der Waals surface area contributed by atoms with Gasteiger partial charge in [0.05, 0.1) is 9.81 Å². The van der Waals surface area contributed by atoms with Crippen molar-refractivity contribution in [2.24, 2.45) is 0 Å². The lowest BCUT2D eigenvalue weighted by molar-refractivity contribution is -0.340. The van der Waals surface area contributed by atoms with Crippen LogP contribution in [0.1, 0.15) is 31.4 Å². The van der Waals surface area contributed by atoms with Crippen molar-refractivity contribution < 1.29 is 62.6 Å². The van der Waals surface area contributed by atoms with Crippen LogP contribution in [0.25, 0.3) is 23.3 Å². The number of anilines is 1. The van der Waals surface area contributed by atoms with Crippen LogP contribution in [0.15, 0.2) is 83.8 Å². The molecule has 334 valence electrons. The van der Waals surface area contributed by atoms with E-state index in [2.05, 4.69) is 36.8 Å². The molecule has 2 aliphatic rings. The van der Waals surface area contributed by atoms with E-state index in [1.807, 2.05) is 0 Å². The average molecular weight is 1030 g/mol. The number of carbonyl (C=O) groups is 4. The Bertz CT molecular complexity index is 2620. The summed E-state index contributed by atoms with van der Waals surface area (Å²) < 4.78 is 32.4. The topological polar surface area (TPSA) is 234 Å². The van der Waals surface area contributed by atoms with Gasteiger partial charge in [0.25, 0.3) is 28.3 Å². The highest BCUT2D eigenvalue weighted by Crippen LogP contribution is 2.42. The number of likely N-dealkylation sites (N-methyl/N-ethyl adjacent to an activating group) is 2. The van der Waals surface area contributed by atoms with Crippen molar-refractivity contribution >= 4 is 107 Å². The largest absolute Gasteiger partial charge is 0.506 e. The normalized spacial score (nSPS) is 15.1. The fourth-order valence-corrected chi connectivity index (χ4v) is 7.63. The van der Waals surface area contributed by atoms with E-state index in [1.54, 1.807) is 56.3 Å². The van der Waals surface area contributed by atoms with Crippen LogP contribution in [0.4, 0.5) is 15.3 Å². The standard InChI is InChI=1S/C19H13BrN2O5S.C17H13BrN2O5S.C5H12O3.CH4/c1-9-21-17-13(26-9)4-3-5-14(17)27-15-6-10(11(20)8-12(15)23)7-16-18(24)22(2)19(25)28-16;1-20-16(23)14(26-17(20)24)6-8-5-13(11(22)7-9(8)18)25-12-4-2-3-10(21)15(12)19;1-5(6-2,7-3)8-4;/h3-8,23H,1-2H3;2-7,21-22H,19H2,1H3;1-4H3;1H4/b16-7-;14-6-;;. The van der Waals surface area contributed by atoms with Gasteiger partial charge in [-0.2, -0.15) is 0 Å². The molecule has 0 atom stereocenters. The maximum absolute atomic E-state index is 12.1. The van der Waals surface area contributed by atoms with Crippen molar-refractivity contribution in [3.8, 4) is 40.2 Å². The van der Waals surface area contributed by atoms with E-state index >= 15 is 0 Å². The first kappa shape index (κ1) is 50.1. The molecule has 4 aromatic carbocycles. The number of aromatic hydroxyl groups is 3. The number of amides is 4. The highest BCUT2D eigenvalue weighted by molar-refractivity contribution is 9.10. The lowest BCUT2D eigenvalue weighted by atomic mass is 10.1. The summed E-state index contributed by atoms with van der Waals surface area (Å²) in [5.74, 6) is -0.705. The highest BCUT2D eigenvalue weighted by Gasteiger charge is 2.33. The average Bonchev–Trinajstić information content (AvgIpc) is 3.83. The summed E-state index contributed by atoms with van der Waals surface area (Å²) >= 11 is 8.35. The minimum atomic E-state index is -0.875. The second-order valence-corrected chi connectivity index (χ2v) is 16.6. The Labute approximate surface area is 387 Å². The number of phenols is 3. The number of aryl methyl sites for hydroxylation is 1. The molecule has 0 radical (unpaired) electrons. The molecule has 4 amide bonds. The number of hydrogen-bond acceptors (Lipinski definition) is 17. The zero-order chi connectivity index (χ0) is 45.6. The van der Waals surface area contributed by atoms with Crippen molar-refractivity contribution in [1.29, 1.82) is 0 Å². The number of phenolic OH excluding ortho intramolecular Hbond substituents is 3. The summed E-state index contributed by atoms with van der Waals surface area (Å²) in [7, 11) is 7.40. The van der Waals surface area contributed by atoms with Crippen LogP contribution in [0.2, 0.25) is 0 Å². The molecule has 0 spiro atoms. The SMILES string of the molecule is C.CN1C(=O)S/C(=C\c2cc(Oc3cccc(O)c3N)c(O)cc2Br)C1=O.COC(C)(OC)OC.Cc1nc2c(Oc3cc(/C=C4\SC(=O)N(C)C4=O)c(Br)cc3O)cccc2o1. The number of methoxy groups -OCH3 is 3. The molecule has 0 bridgehead atoms. The first-order valence-electron chi connectivity index (χ1n) is 17.7. The monoisotopic (exact) mass is 1030 g/mol. The van der Waals surface area contributed by atoms with E-state index in [9.17, 15) is 34.5 Å². The van der Waals surface area contributed by atoms with Crippen molar-refractivity contribution in [1.82, 2.24) is 14.8 Å². The number of para-hydroxylation sites is 2. The third kappa shape index (κ3) is 11.7. The Balaban J connectivity index is 0.000000234. The first-order chi connectivity index (χ1) is 29.3. The minimum absolute atomic E-state index is 0. The number of nitrogens with two attached hydrogens (primary N) is 1. The van der Waals surface area contributed by atoms with Crippen molar-refractivity contribution in [2.45, 2.75) is 27.2 Å². The Hall–Kier alpha value is -5.55. The summed E-state index contributed by atoms with van der Waals surface area (Å²) in [5.41, 5.74) is 8.00. The molecule has 2 fully saturated rings. The maximum Gasteiger partial charge on any atom is 0.293 e. The fourth-order valence-electron chi connectivity index (χ4n) is 5.10. The van der Waals surface area contributed by atoms with Crippen LogP contribution >= 0.6 is 55.4 Å². The minimum Gasteiger partial charge on any atom is -0.506 e. The van der Waals surface area contributed by atoms with Crippen molar-refractivity contribution in [2.75, 3.05) is 41.2 Å². The number of ether oxygens (including phenoxy) is 5. The smallest absolute Gasteiger partial charge is 0.293 e. The second kappa shape index (κ2) is 21.2. The number of nitrogens with zero attached hydrogens (tertiary/aromatic N) is 3. The predicted molar refractivity (Wildman–Crippen MR) is 247 cm³/mol. The maximum atomic E-state index is 12.1. The number of hydrogen-bond donors (Lipinski definition) is 4. The quantitative estimate of drug-likeness (QED) is 0.0465. The molecular weight excluding hydrogens is 992 g/mol. The van der Waals surface area contributed by atoms with Gasteiger partial charge >= 0.3 is 0 Å². The zero-order valence-corrected chi connectivity index (χ0v) is 38.6. The zero-order valence-electron chi connectivity index (χ0n) is 33.8. The molecule has 5 N–H and O–H groups in total. The third-order valence-electron chi connectivity index (χ3n) is 8.79. The number of thioether (sulfide) groups is 2. The van der Waals surface area contributed by atoms with Gasteiger partial charge in [-0.3, -0.25) is 29.0 Å². The molecule has 17 nitrogen and oxygen atoms in total. The first-order valence-corrected chi connectivity index (χ1v) is 20.9. The Morgan fingerprint density at radius 2 is 1.16 bits per heavy atom. The van der Waals surface area contributed by atoms with Gasteiger partial charge in [0.2, 0.25) is 0 Å². The number of benzene rings is 4. The summed E-state index contributed by atoms with van der Waals surface area (Å²) in [6.07, 6.45) is 3.10. The van der Waals surface area contributed by atoms with Crippen molar-refractivity contribution in [3.63, 3.8) is 0 Å². The molecule has 1 aromatic heterocycles. The fraction of sp³-hybridized carbons (Fsp3) is 0.214. The number of fused-ring (bicyclic) bond motifs is 1. The lowest BCUT2D eigenvalue weighted by Crippen LogP contribution is -2.31. The molecule has 0 aliphatic carbocycles. The molecule has 63 heavy (non-hydrogen) atoms. The summed E-state index contributed by atoms with van der Waals surface area (Å²) in [4.78, 5) is 54.4. The molecular formula is C42H42Br2N4O13S2. The van der Waals surface area contributed by atoms with Gasteiger partial charge in [0.1, 0.15) is 11.4 Å². The van der Waals surface area contributed by atoms with E-state index in [0.29, 0.717) is 47.7 Å². The molecule has 5 aromatic rings. The molecule has 2 aliphatic heterocycles. The Kier molecular flexibility index (Phi) is 16.9.